The zero-order valence-electron chi connectivity index (χ0n) is 8.42. The number of terminal acetylenes is 1. The average molecular weight is 179 g/mol. The molecule has 1 heterocycles. The van der Waals surface area contributed by atoms with Gasteiger partial charge in [0.25, 0.3) is 5.91 Å². The van der Waals surface area contributed by atoms with Crippen molar-refractivity contribution in [3.63, 3.8) is 0 Å². The Balaban J connectivity index is 2.54. The normalized spacial score (nSPS) is 22.0. The first-order valence-electron chi connectivity index (χ1n) is 4.92. The molecular formula is C11H17NO. The van der Waals surface area contributed by atoms with Crippen molar-refractivity contribution in [2.24, 2.45) is 5.92 Å². The monoisotopic (exact) mass is 179 g/mol. The van der Waals surface area contributed by atoms with Crippen LogP contribution in [0.25, 0.3) is 0 Å². The molecule has 2 nitrogen and oxygen atoms in total. The number of amides is 1. The largest absolute Gasteiger partial charge is 0.329 e. The van der Waals surface area contributed by atoms with Crippen molar-refractivity contribution in [3.05, 3.63) is 0 Å². The number of hydrogen-bond donors (Lipinski definition) is 0. The van der Waals surface area contributed by atoms with Gasteiger partial charge in [-0.3, -0.25) is 4.79 Å². The van der Waals surface area contributed by atoms with Crippen LogP contribution >= 0.6 is 0 Å². The third-order valence-corrected chi connectivity index (χ3v) is 2.50. The lowest BCUT2D eigenvalue weighted by Gasteiger charge is -2.23. The van der Waals surface area contributed by atoms with Gasteiger partial charge in [0.05, 0.1) is 0 Å². The molecule has 2 heteroatoms. The molecule has 1 rings (SSSR count). The highest BCUT2D eigenvalue weighted by Crippen LogP contribution is 2.22. The van der Waals surface area contributed by atoms with Crippen molar-refractivity contribution in [1.29, 1.82) is 0 Å². The van der Waals surface area contributed by atoms with E-state index in [1.54, 1.807) is 0 Å². The van der Waals surface area contributed by atoms with Gasteiger partial charge in [-0.15, -0.1) is 6.42 Å². The van der Waals surface area contributed by atoms with Gasteiger partial charge in [0, 0.05) is 12.6 Å². The first-order valence-corrected chi connectivity index (χ1v) is 4.92. The van der Waals surface area contributed by atoms with Crippen molar-refractivity contribution in [1.82, 2.24) is 4.90 Å². The van der Waals surface area contributed by atoms with Crippen LogP contribution in [0.5, 0.6) is 0 Å². The molecule has 0 aromatic heterocycles. The number of hydrogen-bond acceptors (Lipinski definition) is 1. The summed E-state index contributed by atoms with van der Waals surface area (Å²) in [5.74, 6) is 2.70. The highest BCUT2D eigenvalue weighted by molar-refractivity contribution is 5.93. The quantitative estimate of drug-likeness (QED) is 0.590. The molecule has 0 aliphatic carbocycles. The SMILES string of the molecule is C#CC(=O)N1CCCC1CC(C)C. The molecule has 1 fully saturated rings. The van der Waals surface area contributed by atoms with Gasteiger partial charge >= 0.3 is 0 Å². The summed E-state index contributed by atoms with van der Waals surface area (Å²) in [5, 5.41) is 0. The highest BCUT2D eigenvalue weighted by Gasteiger charge is 2.27. The fourth-order valence-corrected chi connectivity index (χ4v) is 1.98. The standard InChI is InChI=1S/C11H17NO/c1-4-11(13)12-7-5-6-10(12)8-9(2)3/h1,9-10H,5-8H2,2-3H3. The Kier molecular flexibility index (Phi) is 3.36. The molecule has 0 radical (unpaired) electrons. The van der Waals surface area contributed by atoms with Gasteiger partial charge in [-0.05, 0) is 31.1 Å². The van der Waals surface area contributed by atoms with Crippen molar-refractivity contribution in [2.75, 3.05) is 6.54 Å². The summed E-state index contributed by atoms with van der Waals surface area (Å²) < 4.78 is 0. The maximum absolute atomic E-state index is 11.3. The van der Waals surface area contributed by atoms with Crippen LogP contribution < -0.4 is 0 Å². The summed E-state index contributed by atoms with van der Waals surface area (Å²) in [6.07, 6.45) is 8.40. The van der Waals surface area contributed by atoms with E-state index in [9.17, 15) is 4.79 Å². The van der Waals surface area contributed by atoms with Crippen molar-refractivity contribution >= 4 is 5.91 Å². The van der Waals surface area contributed by atoms with Crippen molar-refractivity contribution < 1.29 is 4.79 Å². The molecule has 0 saturated carbocycles. The van der Waals surface area contributed by atoms with E-state index in [2.05, 4.69) is 19.8 Å². The minimum absolute atomic E-state index is 0.136. The van der Waals surface area contributed by atoms with Gasteiger partial charge in [-0.1, -0.05) is 13.8 Å². The van der Waals surface area contributed by atoms with Gasteiger partial charge < -0.3 is 4.90 Å². The molecule has 0 N–H and O–H groups in total. The Morgan fingerprint density at radius 2 is 2.38 bits per heavy atom. The summed E-state index contributed by atoms with van der Waals surface area (Å²) in [6.45, 7) is 5.20. The Bertz CT molecular complexity index is 227. The molecule has 1 amide bonds. The number of rotatable bonds is 2. The lowest BCUT2D eigenvalue weighted by atomic mass is 10.0. The van der Waals surface area contributed by atoms with E-state index in [0.717, 1.165) is 25.8 Å². The summed E-state index contributed by atoms with van der Waals surface area (Å²) in [7, 11) is 0. The Morgan fingerprint density at radius 1 is 1.69 bits per heavy atom. The van der Waals surface area contributed by atoms with Crippen molar-refractivity contribution in [2.45, 2.75) is 39.2 Å². The van der Waals surface area contributed by atoms with Crippen LogP contribution in [0.3, 0.4) is 0 Å². The molecular weight excluding hydrogens is 162 g/mol. The number of carbonyl (C=O) groups excluding carboxylic acids is 1. The second-order valence-corrected chi connectivity index (χ2v) is 4.07. The molecule has 0 spiro atoms. The van der Waals surface area contributed by atoms with E-state index < -0.39 is 0 Å². The Morgan fingerprint density at radius 3 is 2.92 bits per heavy atom. The Hall–Kier alpha value is -0.970. The van der Waals surface area contributed by atoms with Crippen LogP contribution in [-0.2, 0) is 4.79 Å². The van der Waals surface area contributed by atoms with E-state index in [0.29, 0.717) is 12.0 Å². The Labute approximate surface area is 80.3 Å². The molecule has 1 aliphatic rings. The maximum Gasteiger partial charge on any atom is 0.298 e. The molecule has 0 bridgehead atoms. The first kappa shape index (κ1) is 10.1. The van der Waals surface area contributed by atoms with E-state index in [1.807, 2.05) is 4.90 Å². The van der Waals surface area contributed by atoms with Crippen LogP contribution in [0, 0.1) is 18.3 Å². The molecule has 1 aliphatic heterocycles. The zero-order chi connectivity index (χ0) is 9.84. The van der Waals surface area contributed by atoms with Crippen LogP contribution in [0.1, 0.15) is 33.1 Å². The molecule has 1 saturated heterocycles. The molecule has 0 aromatic rings. The van der Waals surface area contributed by atoms with E-state index >= 15 is 0 Å². The van der Waals surface area contributed by atoms with Gasteiger partial charge in [-0.25, -0.2) is 0 Å². The van der Waals surface area contributed by atoms with E-state index in [4.69, 9.17) is 6.42 Å². The van der Waals surface area contributed by atoms with Gasteiger partial charge in [0.15, 0.2) is 0 Å². The first-order chi connectivity index (χ1) is 6.15. The summed E-state index contributed by atoms with van der Waals surface area (Å²) in [6, 6.07) is 0.392. The summed E-state index contributed by atoms with van der Waals surface area (Å²) in [5.41, 5.74) is 0. The second kappa shape index (κ2) is 4.32. The fraction of sp³-hybridized carbons (Fsp3) is 0.727. The molecule has 13 heavy (non-hydrogen) atoms. The topological polar surface area (TPSA) is 20.3 Å². The predicted octanol–water partition coefficient (Wildman–Crippen LogP) is 1.66. The average Bonchev–Trinajstić information content (AvgIpc) is 2.50. The zero-order valence-corrected chi connectivity index (χ0v) is 8.42. The fourth-order valence-electron chi connectivity index (χ4n) is 1.98. The van der Waals surface area contributed by atoms with E-state index in [-0.39, 0.29) is 5.91 Å². The van der Waals surface area contributed by atoms with Gasteiger partial charge in [0.2, 0.25) is 0 Å². The van der Waals surface area contributed by atoms with Crippen LogP contribution in [-0.4, -0.2) is 23.4 Å². The van der Waals surface area contributed by atoms with Gasteiger partial charge in [-0.2, -0.15) is 0 Å². The molecule has 1 atom stereocenters. The van der Waals surface area contributed by atoms with Crippen LogP contribution in [0.2, 0.25) is 0 Å². The number of likely N-dealkylation sites (tertiary alicyclic amines) is 1. The lowest BCUT2D eigenvalue weighted by molar-refractivity contribution is -0.126. The van der Waals surface area contributed by atoms with Crippen LogP contribution in [0.15, 0.2) is 0 Å². The third kappa shape index (κ3) is 2.48. The van der Waals surface area contributed by atoms with Crippen LogP contribution in [0.4, 0.5) is 0 Å². The third-order valence-electron chi connectivity index (χ3n) is 2.50. The van der Waals surface area contributed by atoms with E-state index in [1.165, 1.54) is 0 Å². The number of carbonyl (C=O) groups is 1. The smallest absolute Gasteiger partial charge is 0.298 e. The molecule has 1 unspecified atom stereocenters. The molecule has 72 valence electrons. The lowest BCUT2D eigenvalue weighted by Crippen LogP contribution is -2.35. The minimum Gasteiger partial charge on any atom is -0.329 e. The van der Waals surface area contributed by atoms with Crippen molar-refractivity contribution in [3.8, 4) is 12.3 Å². The maximum atomic E-state index is 11.3. The van der Waals surface area contributed by atoms with Gasteiger partial charge in [0.1, 0.15) is 0 Å². The predicted molar refractivity (Wildman–Crippen MR) is 53.0 cm³/mol. The summed E-state index contributed by atoms with van der Waals surface area (Å²) >= 11 is 0. The number of nitrogens with zero attached hydrogens (tertiary/aromatic N) is 1. The highest BCUT2D eigenvalue weighted by atomic mass is 16.2. The second-order valence-electron chi connectivity index (χ2n) is 4.07. The molecule has 0 aromatic carbocycles. The minimum atomic E-state index is -0.136. The summed E-state index contributed by atoms with van der Waals surface area (Å²) in [4.78, 5) is 13.1.